The van der Waals surface area contributed by atoms with Crippen LogP contribution in [0.2, 0.25) is 10.0 Å². The van der Waals surface area contributed by atoms with Gasteiger partial charge in [0.2, 0.25) is 0 Å². The van der Waals surface area contributed by atoms with E-state index in [1.807, 2.05) is 56.5 Å². The van der Waals surface area contributed by atoms with E-state index in [0.29, 0.717) is 22.9 Å². The molecule has 0 saturated carbocycles. The van der Waals surface area contributed by atoms with Crippen LogP contribution in [0.5, 0.6) is 11.5 Å². The topological polar surface area (TPSA) is 96.3 Å². The van der Waals surface area contributed by atoms with Crippen molar-refractivity contribution in [2.24, 2.45) is 5.92 Å². The monoisotopic (exact) mass is 617 g/mol. The maximum atomic E-state index is 13.9. The Hall–Kier alpha value is -2.75. The number of ether oxygens (including phenoxy) is 2. The zero-order chi connectivity index (χ0) is 30.1. The highest BCUT2D eigenvalue weighted by Gasteiger charge is 2.42. The van der Waals surface area contributed by atoms with Gasteiger partial charge in [0.15, 0.2) is 11.4 Å². The smallest absolute Gasteiger partial charge is 0.347 e. The molecule has 0 radical (unpaired) electrons. The number of nitrogens with zero attached hydrogens (tertiary/aromatic N) is 1. The van der Waals surface area contributed by atoms with Crippen molar-refractivity contribution in [1.29, 1.82) is 0 Å². The Bertz CT molecular complexity index is 1420. The van der Waals surface area contributed by atoms with Crippen LogP contribution in [0.15, 0.2) is 59.5 Å². The van der Waals surface area contributed by atoms with Gasteiger partial charge in [-0.2, -0.15) is 0 Å². The highest BCUT2D eigenvalue weighted by molar-refractivity contribution is 7.98. The summed E-state index contributed by atoms with van der Waals surface area (Å²) in [7, 11) is 0. The number of carbonyl (C=O) groups excluding carboxylic acids is 1. The molecule has 1 fully saturated rings. The number of carboxylic acids is 1. The molecule has 1 saturated heterocycles. The van der Waals surface area contributed by atoms with Crippen LogP contribution in [-0.2, 0) is 4.79 Å². The first-order valence-corrected chi connectivity index (χ1v) is 15.0. The number of benzene rings is 3. The van der Waals surface area contributed by atoms with Crippen molar-refractivity contribution in [3.8, 4) is 11.5 Å². The molecule has 1 heterocycles. The summed E-state index contributed by atoms with van der Waals surface area (Å²) in [5.74, 6) is -1.09. The van der Waals surface area contributed by atoms with Gasteiger partial charge in [-0.1, -0.05) is 47.5 Å². The molecule has 1 aliphatic heterocycles. The number of aliphatic hydroxyl groups is 1. The number of carboxylic acid groups (broad SMARTS) is 1. The Morgan fingerprint density at radius 2 is 1.66 bits per heavy atom. The summed E-state index contributed by atoms with van der Waals surface area (Å²) < 4.78 is 11.7. The number of aliphatic carboxylic acids is 1. The standard InChI is InChI=1S/C31H33Cl2NO6S/c1-17-12-20(13-18(2)28(17)40-31(3,4)29(36)37)23-15-34(30(38)39-26-11-8-21(32)14-25(26)33)16-24(23)27(35)19-6-9-22(41-5)10-7-19/h6-14,23-24,30,38H,15-16H2,1-5H3,(H,36,37)/t23-,24+,30?/m0/s1. The number of aryl methyl sites for hydroxylation is 2. The fourth-order valence-corrected chi connectivity index (χ4v) is 5.87. The van der Waals surface area contributed by atoms with E-state index in [1.54, 1.807) is 28.8 Å². The minimum Gasteiger partial charge on any atom is -0.478 e. The third-order valence-electron chi connectivity index (χ3n) is 7.28. The van der Waals surface area contributed by atoms with Gasteiger partial charge in [-0.05, 0) is 81.0 Å². The summed E-state index contributed by atoms with van der Waals surface area (Å²) in [5, 5.41) is 21.3. The molecule has 41 heavy (non-hydrogen) atoms. The number of ketones is 1. The highest BCUT2D eigenvalue weighted by Crippen LogP contribution is 2.40. The number of rotatable bonds is 10. The zero-order valence-electron chi connectivity index (χ0n) is 23.5. The predicted octanol–water partition coefficient (Wildman–Crippen LogP) is 6.83. The Labute approximate surface area is 254 Å². The lowest BCUT2D eigenvalue weighted by atomic mass is 9.82. The van der Waals surface area contributed by atoms with E-state index in [9.17, 15) is 19.8 Å². The lowest BCUT2D eigenvalue weighted by Gasteiger charge is -2.26. The van der Waals surface area contributed by atoms with E-state index in [4.69, 9.17) is 32.7 Å². The number of aliphatic hydroxyl groups excluding tert-OH is 1. The van der Waals surface area contributed by atoms with Crippen molar-refractivity contribution in [1.82, 2.24) is 4.90 Å². The van der Waals surface area contributed by atoms with Gasteiger partial charge >= 0.3 is 5.97 Å². The lowest BCUT2D eigenvalue weighted by molar-refractivity contribution is -0.152. The summed E-state index contributed by atoms with van der Waals surface area (Å²) in [6.07, 6.45) is 0.625. The van der Waals surface area contributed by atoms with Crippen LogP contribution in [0.4, 0.5) is 0 Å². The molecular weight excluding hydrogens is 585 g/mol. The predicted molar refractivity (Wildman–Crippen MR) is 162 cm³/mol. The number of Topliss-reactive ketones (excluding diaryl/α,β-unsaturated/α-hetero) is 1. The molecule has 0 bridgehead atoms. The average molecular weight is 619 g/mol. The second kappa shape index (κ2) is 12.6. The first kappa shape index (κ1) is 31.2. The minimum absolute atomic E-state index is 0.0375. The van der Waals surface area contributed by atoms with Gasteiger partial charge in [-0.15, -0.1) is 11.8 Å². The van der Waals surface area contributed by atoms with Gasteiger partial charge in [-0.25, -0.2) is 9.69 Å². The van der Waals surface area contributed by atoms with Gasteiger partial charge in [0.05, 0.1) is 5.02 Å². The van der Waals surface area contributed by atoms with E-state index in [0.717, 1.165) is 21.6 Å². The average Bonchev–Trinajstić information content (AvgIpc) is 3.37. The number of thioether (sulfide) groups is 1. The Kier molecular flexibility index (Phi) is 9.61. The number of hydrogen-bond donors (Lipinski definition) is 2. The van der Waals surface area contributed by atoms with Crippen LogP contribution < -0.4 is 9.47 Å². The second-order valence-electron chi connectivity index (χ2n) is 10.7. The van der Waals surface area contributed by atoms with Crippen molar-refractivity contribution in [3.63, 3.8) is 0 Å². The minimum atomic E-state index is -1.41. The highest BCUT2D eigenvalue weighted by atomic mass is 35.5. The normalized spacial score (nSPS) is 18.2. The molecular formula is C31H33Cl2NO6S. The van der Waals surface area contributed by atoms with E-state index in [2.05, 4.69) is 0 Å². The van der Waals surface area contributed by atoms with Crippen molar-refractivity contribution in [3.05, 3.63) is 86.9 Å². The second-order valence-corrected chi connectivity index (χ2v) is 12.4. The zero-order valence-corrected chi connectivity index (χ0v) is 25.8. The first-order chi connectivity index (χ1) is 19.3. The molecule has 218 valence electrons. The third-order valence-corrected chi connectivity index (χ3v) is 8.56. The summed E-state index contributed by atoms with van der Waals surface area (Å²) in [4.78, 5) is 28.3. The summed E-state index contributed by atoms with van der Waals surface area (Å²) in [6, 6.07) is 16.1. The maximum Gasteiger partial charge on any atom is 0.347 e. The molecule has 2 N–H and O–H groups in total. The van der Waals surface area contributed by atoms with Crippen molar-refractivity contribution in [2.45, 2.75) is 50.5 Å². The largest absolute Gasteiger partial charge is 0.478 e. The maximum absolute atomic E-state index is 13.9. The summed E-state index contributed by atoms with van der Waals surface area (Å²) >= 11 is 13.9. The van der Waals surface area contributed by atoms with Gasteiger partial charge < -0.3 is 19.7 Å². The van der Waals surface area contributed by atoms with Crippen molar-refractivity contribution in [2.75, 3.05) is 19.3 Å². The molecule has 0 aliphatic carbocycles. The quantitative estimate of drug-likeness (QED) is 0.145. The first-order valence-electron chi connectivity index (χ1n) is 13.1. The van der Waals surface area contributed by atoms with E-state index in [1.165, 1.54) is 19.9 Å². The molecule has 0 spiro atoms. The molecule has 3 aromatic rings. The molecule has 1 aliphatic rings. The molecule has 0 amide bonds. The van der Waals surface area contributed by atoms with Crippen LogP contribution in [0, 0.1) is 19.8 Å². The summed E-state index contributed by atoms with van der Waals surface area (Å²) in [6.45, 7) is 7.31. The van der Waals surface area contributed by atoms with Crippen molar-refractivity contribution < 1.29 is 29.3 Å². The van der Waals surface area contributed by atoms with E-state index >= 15 is 0 Å². The molecule has 0 aromatic heterocycles. The molecule has 4 rings (SSSR count). The van der Waals surface area contributed by atoms with Gasteiger partial charge in [-0.3, -0.25) is 4.79 Å². The van der Waals surface area contributed by atoms with Crippen LogP contribution in [0.25, 0.3) is 0 Å². The summed E-state index contributed by atoms with van der Waals surface area (Å²) in [5.41, 5.74) is 1.58. The van der Waals surface area contributed by atoms with Crippen LogP contribution in [0.3, 0.4) is 0 Å². The fourth-order valence-electron chi connectivity index (χ4n) is 5.00. The molecule has 3 aromatic carbocycles. The SMILES string of the molecule is CSc1ccc(C(=O)[C@@H]2CN(C(O)Oc3ccc(Cl)cc3Cl)C[C@H]2c2cc(C)c(OC(C)(C)C(=O)O)c(C)c2)cc1. The molecule has 1 unspecified atom stereocenters. The molecule has 10 heteroatoms. The fraction of sp³-hybridized carbons (Fsp3) is 0.355. The number of hydrogen-bond acceptors (Lipinski definition) is 7. The Morgan fingerprint density at radius 3 is 2.22 bits per heavy atom. The third kappa shape index (κ3) is 7.01. The van der Waals surface area contributed by atoms with Gasteiger partial charge in [0, 0.05) is 40.4 Å². The van der Waals surface area contributed by atoms with Crippen LogP contribution in [-0.4, -0.2) is 58.2 Å². The number of carbonyl (C=O) groups is 2. The Balaban J connectivity index is 1.67. The van der Waals surface area contributed by atoms with Crippen molar-refractivity contribution >= 4 is 46.7 Å². The molecule has 3 atom stereocenters. The van der Waals surface area contributed by atoms with E-state index in [-0.39, 0.29) is 29.0 Å². The molecule has 7 nitrogen and oxygen atoms in total. The number of likely N-dealkylation sites (tertiary alicyclic amines) is 1. The van der Waals surface area contributed by atoms with Crippen LogP contribution in [0.1, 0.15) is 46.8 Å². The Morgan fingerprint density at radius 1 is 1.02 bits per heavy atom. The van der Waals surface area contributed by atoms with Gasteiger partial charge in [0.25, 0.3) is 6.41 Å². The van der Waals surface area contributed by atoms with E-state index < -0.39 is 23.9 Å². The van der Waals surface area contributed by atoms with Gasteiger partial charge in [0.1, 0.15) is 11.5 Å². The van der Waals surface area contributed by atoms with Crippen LogP contribution >= 0.6 is 35.0 Å². The number of halogens is 2. The lowest BCUT2D eigenvalue weighted by Crippen LogP contribution is -2.38.